The molecule has 0 radical (unpaired) electrons. The number of aromatic nitrogens is 3. The number of likely N-dealkylation sites (tertiary alicyclic amines) is 2. The van der Waals surface area contributed by atoms with Gasteiger partial charge in [0, 0.05) is 26.2 Å². The van der Waals surface area contributed by atoms with Gasteiger partial charge in [0.2, 0.25) is 0 Å². The van der Waals surface area contributed by atoms with E-state index in [9.17, 15) is 14.0 Å². The summed E-state index contributed by atoms with van der Waals surface area (Å²) in [6.45, 7) is 2.59. The molecule has 1 atom stereocenters. The van der Waals surface area contributed by atoms with Crippen LogP contribution in [0.2, 0.25) is 0 Å². The fraction of sp³-hybridized carbons (Fsp3) is 0.474. The summed E-state index contributed by atoms with van der Waals surface area (Å²) in [5, 5.41) is 13.0. The molecule has 0 saturated carbocycles. The van der Waals surface area contributed by atoms with Gasteiger partial charge in [0.05, 0.1) is 0 Å². The molecule has 9 heteroatoms. The van der Waals surface area contributed by atoms with Crippen LogP contribution in [-0.4, -0.2) is 63.3 Å². The molecule has 1 unspecified atom stereocenters. The molecule has 0 bridgehead atoms. The molecule has 3 amide bonds. The molecule has 1 aromatic carbocycles. The quantitative estimate of drug-likeness (QED) is 0.843. The fourth-order valence-electron chi connectivity index (χ4n) is 3.90. The van der Waals surface area contributed by atoms with Crippen LogP contribution >= 0.6 is 0 Å². The highest BCUT2D eigenvalue weighted by atomic mass is 19.1. The van der Waals surface area contributed by atoms with E-state index in [1.807, 2.05) is 6.07 Å². The van der Waals surface area contributed by atoms with Crippen molar-refractivity contribution in [1.82, 2.24) is 25.2 Å². The first-order chi connectivity index (χ1) is 13.6. The van der Waals surface area contributed by atoms with Gasteiger partial charge < -0.3 is 9.80 Å². The first-order valence-corrected chi connectivity index (χ1v) is 9.60. The molecule has 148 valence electrons. The minimum atomic E-state index is -0.300. The van der Waals surface area contributed by atoms with Crippen molar-refractivity contribution in [1.29, 1.82) is 0 Å². The first kappa shape index (κ1) is 18.4. The van der Waals surface area contributed by atoms with E-state index in [0.717, 1.165) is 31.2 Å². The zero-order valence-electron chi connectivity index (χ0n) is 15.5. The van der Waals surface area contributed by atoms with Crippen LogP contribution in [0.15, 0.2) is 24.3 Å². The van der Waals surface area contributed by atoms with Crippen molar-refractivity contribution < 1.29 is 14.0 Å². The number of aromatic amines is 1. The minimum absolute atomic E-state index is 0.144. The van der Waals surface area contributed by atoms with Gasteiger partial charge in [0.1, 0.15) is 5.82 Å². The second-order valence-corrected chi connectivity index (χ2v) is 7.39. The number of carbonyl (C=O) groups is 2. The number of amides is 3. The van der Waals surface area contributed by atoms with Gasteiger partial charge in [-0.05, 0) is 49.3 Å². The minimum Gasteiger partial charge on any atom is -0.337 e. The largest absolute Gasteiger partial charge is 0.337 e. The Morgan fingerprint density at radius 1 is 1.18 bits per heavy atom. The van der Waals surface area contributed by atoms with Gasteiger partial charge in [-0.25, -0.2) is 9.18 Å². The lowest BCUT2D eigenvalue weighted by atomic mass is 9.99. The average Bonchev–Trinajstić information content (AvgIpc) is 3.43. The molecule has 4 rings (SSSR count). The third-order valence-corrected chi connectivity index (χ3v) is 5.36. The summed E-state index contributed by atoms with van der Waals surface area (Å²) in [4.78, 5) is 28.5. The second-order valence-electron chi connectivity index (χ2n) is 7.39. The van der Waals surface area contributed by atoms with Gasteiger partial charge >= 0.3 is 6.03 Å². The third kappa shape index (κ3) is 3.97. The third-order valence-electron chi connectivity index (χ3n) is 5.36. The molecule has 0 spiro atoms. The number of H-pyrrole nitrogens is 1. The maximum Gasteiger partial charge on any atom is 0.323 e. The Morgan fingerprint density at radius 3 is 2.79 bits per heavy atom. The van der Waals surface area contributed by atoms with Crippen molar-refractivity contribution in [3.05, 3.63) is 41.3 Å². The van der Waals surface area contributed by atoms with Gasteiger partial charge in [-0.2, -0.15) is 5.21 Å². The molecule has 3 heterocycles. The summed E-state index contributed by atoms with van der Waals surface area (Å²) in [5.74, 6) is -0.0238. The van der Waals surface area contributed by atoms with Gasteiger partial charge in [-0.1, -0.05) is 12.1 Å². The number of nitrogens with zero attached hydrogens (tertiary/aromatic N) is 4. The van der Waals surface area contributed by atoms with Crippen LogP contribution in [-0.2, 0) is 6.42 Å². The predicted octanol–water partition coefficient (Wildman–Crippen LogP) is 2.28. The van der Waals surface area contributed by atoms with E-state index in [2.05, 4.69) is 20.7 Å². The maximum atomic E-state index is 13.4. The second kappa shape index (κ2) is 7.95. The average molecular weight is 386 g/mol. The van der Waals surface area contributed by atoms with Crippen LogP contribution < -0.4 is 5.32 Å². The number of urea groups is 1. The van der Waals surface area contributed by atoms with Gasteiger partial charge in [0.15, 0.2) is 11.5 Å². The smallest absolute Gasteiger partial charge is 0.323 e. The molecule has 2 N–H and O–H groups in total. The Labute approximate surface area is 162 Å². The zero-order valence-corrected chi connectivity index (χ0v) is 15.5. The topological polar surface area (TPSA) is 94.2 Å². The van der Waals surface area contributed by atoms with Crippen LogP contribution in [0.4, 0.5) is 15.0 Å². The molecular weight excluding hydrogens is 363 g/mol. The molecule has 2 aromatic rings. The zero-order chi connectivity index (χ0) is 19.5. The van der Waals surface area contributed by atoms with Crippen molar-refractivity contribution in [2.45, 2.75) is 25.7 Å². The monoisotopic (exact) mass is 386 g/mol. The SMILES string of the molecule is O=C(Nc1n[nH]nc1C(=O)N1CCCC1)N1CCC(Cc2cccc(F)c2)C1. The van der Waals surface area contributed by atoms with Crippen molar-refractivity contribution in [3.8, 4) is 0 Å². The summed E-state index contributed by atoms with van der Waals surface area (Å²) < 4.78 is 13.4. The van der Waals surface area contributed by atoms with Crippen molar-refractivity contribution in [3.63, 3.8) is 0 Å². The lowest BCUT2D eigenvalue weighted by molar-refractivity contribution is 0.0788. The van der Waals surface area contributed by atoms with Crippen LogP contribution in [0.3, 0.4) is 0 Å². The molecule has 0 aliphatic carbocycles. The van der Waals surface area contributed by atoms with Crippen LogP contribution in [0.5, 0.6) is 0 Å². The lowest BCUT2D eigenvalue weighted by Gasteiger charge is -2.18. The molecule has 2 fully saturated rings. The summed E-state index contributed by atoms with van der Waals surface area (Å²) in [5.41, 5.74) is 1.08. The van der Waals surface area contributed by atoms with Gasteiger partial charge in [-0.3, -0.25) is 10.1 Å². The Hall–Kier alpha value is -2.97. The number of carbonyl (C=O) groups excluding carboxylic acids is 2. The predicted molar refractivity (Wildman–Crippen MR) is 100 cm³/mol. The lowest BCUT2D eigenvalue weighted by Crippen LogP contribution is -2.34. The van der Waals surface area contributed by atoms with E-state index in [0.29, 0.717) is 26.2 Å². The summed E-state index contributed by atoms with van der Waals surface area (Å²) >= 11 is 0. The number of rotatable bonds is 4. The number of hydrogen-bond acceptors (Lipinski definition) is 4. The van der Waals surface area contributed by atoms with Gasteiger partial charge in [-0.15, -0.1) is 10.2 Å². The number of nitrogens with one attached hydrogen (secondary N) is 2. The molecule has 2 aliphatic rings. The molecular formula is C19H23FN6O2. The molecule has 28 heavy (non-hydrogen) atoms. The number of hydrogen-bond donors (Lipinski definition) is 2. The van der Waals surface area contributed by atoms with Crippen molar-refractivity contribution >= 4 is 17.8 Å². The van der Waals surface area contributed by atoms with Gasteiger partial charge in [0.25, 0.3) is 5.91 Å². The normalized spacial score (nSPS) is 19.2. The Kier molecular flexibility index (Phi) is 5.23. The molecule has 8 nitrogen and oxygen atoms in total. The summed E-state index contributed by atoms with van der Waals surface area (Å²) in [6.07, 6.45) is 3.53. The van der Waals surface area contributed by atoms with E-state index >= 15 is 0 Å². The molecule has 2 saturated heterocycles. The highest BCUT2D eigenvalue weighted by Gasteiger charge is 2.30. The van der Waals surface area contributed by atoms with Crippen LogP contribution in [0, 0.1) is 11.7 Å². The first-order valence-electron chi connectivity index (χ1n) is 9.60. The highest BCUT2D eigenvalue weighted by molar-refractivity contribution is 6.00. The summed E-state index contributed by atoms with van der Waals surface area (Å²) in [6, 6.07) is 6.27. The van der Waals surface area contributed by atoms with Crippen LogP contribution in [0.25, 0.3) is 0 Å². The molecule has 1 aromatic heterocycles. The molecule has 2 aliphatic heterocycles. The number of benzene rings is 1. The fourth-order valence-corrected chi connectivity index (χ4v) is 3.90. The number of anilines is 1. The van der Waals surface area contributed by atoms with E-state index in [1.165, 1.54) is 12.1 Å². The Balaban J connectivity index is 1.35. The standard InChI is InChI=1S/C19H23FN6O2/c20-15-5-3-4-13(11-15)10-14-6-9-26(12-14)19(28)21-17-16(22-24-23-17)18(27)25-7-1-2-8-25/h3-5,11,14H,1-2,6-10,12H2,(H2,21,22,23,24,28). The highest BCUT2D eigenvalue weighted by Crippen LogP contribution is 2.23. The number of halogens is 1. The van der Waals surface area contributed by atoms with E-state index < -0.39 is 0 Å². The van der Waals surface area contributed by atoms with E-state index in [-0.39, 0.29) is 35.2 Å². The van der Waals surface area contributed by atoms with Crippen molar-refractivity contribution in [2.75, 3.05) is 31.5 Å². The van der Waals surface area contributed by atoms with E-state index in [4.69, 9.17) is 0 Å². The van der Waals surface area contributed by atoms with Crippen LogP contribution in [0.1, 0.15) is 35.3 Å². The maximum absolute atomic E-state index is 13.4. The Morgan fingerprint density at radius 2 is 2.00 bits per heavy atom. The van der Waals surface area contributed by atoms with E-state index in [1.54, 1.807) is 15.9 Å². The summed E-state index contributed by atoms with van der Waals surface area (Å²) in [7, 11) is 0. The van der Waals surface area contributed by atoms with Crippen molar-refractivity contribution in [2.24, 2.45) is 5.92 Å². The Bertz CT molecular complexity index is 864.